The van der Waals surface area contributed by atoms with E-state index in [1.165, 1.54) is 19.3 Å². The van der Waals surface area contributed by atoms with E-state index in [9.17, 15) is 9.59 Å². The molecule has 6 heteroatoms. The predicted molar refractivity (Wildman–Crippen MR) is 107 cm³/mol. The summed E-state index contributed by atoms with van der Waals surface area (Å²) >= 11 is 0. The van der Waals surface area contributed by atoms with Crippen LogP contribution >= 0.6 is 0 Å². The smallest absolute Gasteiger partial charge is 0.270 e. The Morgan fingerprint density at radius 1 is 1.07 bits per heavy atom. The molecule has 5 fully saturated rings. The summed E-state index contributed by atoms with van der Waals surface area (Å²) in [7, 11) is 0. The molecule has 6 rings (SSSR count). The van der Waals surface area contributed by atoms with Gasteiger partial charge in [-0.05, 0) is 81.3 Å². The zero-order valence-corrected chi connectivity index (χ0v) is 16.4. The number of carbonyl (C=O) groups is 2. The zero-order valence-electron chi connectivity index (χ0n) is 16.4. The van der Waals surface area contributed by atoms with Gasteiger partial charge in [-0.3, -0.25) is 9.59 Å². The van der Waals surface area contributed by atoms with Crippen LogP contribution in [0.5, 0.6) is 0 Å². The molecule has 4 saturated carbocycles. The van der Waals surface area contributed by atoms with Gasteiger partial charge in [0.2, 0.25) is 5.91 Å². The summed E-state index contributed by atoms with van der Waals surface area (Å²) in [6.07, 6.45) is 8.49. The van der Waals surface area contributed by atoms with Crippen molar-refractivity contribution in [1.82, 2.24) is 10.3 Å². The number of nitrogens with two attached hydrogens (primary N) is 1. The molecule has 2 heterocycles. The molecule has 5 aliphatic rings. The molecule has 6 nitrogen and oxygen atoms in total. The van der Waals surface area contributed by atoms with E-state index >= 15 is 0 Å². The number of primary amides is 1. The van der Waals surface area contributed by atoms with Crippen LogP contribution in [0.1, 0.15) is 61.9 Å². The summed E-state index contributed by atoms with van der Waals surface area (Å²) in [5, 5.41) is 3.29. The van der Waals surface area contributed by atoms with E-state index in [1.54, 1.807) is 0 Å². The minimum absolute atomic E-state index is 0.0792. The highest BCUT2D eigenvalue weighted by molar-refractivity contribution is 5.93. The van der Waals surface area contributed by atoms with E-state index in [0.717, 1.165) is 51.0 Å². The molecule has 0 radical (unpaired) electrons. The normalized spacial score (nSPS) is 36.4. The number of nitrogens with one attached hydrogen (secondary N) is 1. The Balaban J connectivity index is 1.31. The lowest BCUT2D eigenvalue weighted by Crippen LogP contribution is -2.62. The zero-order chi connectivity index (χ0) is 19.3. The van der Waals surface area contributed by atoms with Gasteiger partial charge < -0.3 is 16.0 Å². The van der Waals surface area contributed by atoms with E-state index in [2.05, 4.69) is 15.2 Å². The van der Waals surface area contributed by atoms with Crippen LogP contribution in [0.2, 0.25) is 0 Å². The van der Waals surface area contributed by atoms with Gasteiger partial charge in [0.1, 0.15) is 11.5 Å². The maximum atomic E-state index is 13.0. The molecule has 2 unspecified atom stereocenters. The second kappa shape index (κ2) is 6.75. The Morgan fingerprint density at radius 3 is 2.46 bits per heavy atom. The number of pyridine rings is 1. The number of nitrogens with zero attached hydrogens (tertiary/aromatic N) is 2. The fourth-order valence-corrected chi connectivity index (χ4v) is 6.64. The Hall–Kier alpha value is -2.11. The quantitative estimate of drug-likeness (QED) is 0.837. The van der Waals surface area contributed by atoms with Crippen molar-refractivity contribution in [1.29, 1.82) is 0 Å². The third-order valence-corrected chi connectivity index (χ3v) is 7.74. The molecular formula is C22H30N4O2. The van der Waals surface area contributed by atoms with Crippen LogP contribution in [0.25, 0.3) is 0 Å². The third-order valence-electron chi connectivity index (χ3n) is 7.74. The summed E-state index contributed by atoms with van der Waals surface area (Å²) in [6.45, 7) is 2.03. The summed E-state index contributed by atoms with van der Waals surface area (Å²) < 4.78 is 0. The molecule has 2 atom stereocenters. The largest absolute Gasteiger partial charge is 0.369 e. The Kier molecular flexibility index (Phi) is 4.33. The van der Waals surface area contributed by atoms with Gasteiger partial charge in [0.05, 0.1) is 0 Å². The van der Waals surface area contributed by atoms with Crippen LogP contribution in [0.3, 0.4) is 0 Å². The Morgan fingerprint density at radius 2 is 1.79 bits per heavy atom. The van der Waals surface area contributed by atoms with Crippen LogP contribution in [-0.2, 0) is 4.79 Å². The van der Waals surface area contributed by atoms with Gasteiger partial charge in [-0.2, -0.15) is 0 Å². The van der Waals surface area contributed by atoms with Crippen LogP contribution < -0.4 is 16.0 Å². The van der Waals surface area contributed by atoms with Crippen LogP contribution in [0.15, 0.2) is 18.2 Å². The third kappa shape index (κ3) is 2.97. The lowest BCUT2D eigenvalue weighted by molar-refractivity contribution is -0.145. The topological polar surface area (TPSA) is 88.3 Å². The number of anilines is 1. The van der Waals surface area contributed by atoms with E-state index in [-0.39, 0.29) is 23.3 Å². The second-order valence-electron chi connectivity index (χ2n) is 9.54. The number of piperidine rings is 1. The average Bonchev–Trinajstić information content (AvgIpc) is 2.71. The van der Waals surface area contributed by atoms with E-state index in [1.807, 2.05) is 18.2 Å². The van der Waals surface area contributed by atoms with Crippen molar-refractivity contribution in [2.75, 3.05) is 18.0 Å². The molecule has 1 saturated heterocycles. The lowest BCUT2D eigenvalue weighted by atomic mass is 9.47. The van der Waals surface area contributed by atoms with E-state index in [0.29, 0.717) is 23.4 Å². The minimum atomic E-state index is -0.315. The number of aromatic nitrogens is 1. The van der Waals surface area contributed by atoms with Gasteiger partial charge in [0.15, 0.2) is 0 Å². The van der Waals surface area contributed by atoms with E-state index < -0.39 is 0 Å². The standard InChI is InChI=1S/C22H30N4O2/c23-21(28)22-11-14-9-15(12-22)19(16(10-14)13-22)25-20(27)17-5-4-6-18(24-17)26-7-2-1-3-8-26/h4-6,14-16,19H,1-3,7-13H2,(H2,23,28)(H,25,27). The van der Waals surface area contributed by atoms with Crippen molar-refractivity contribution in [2.45, 2.75) is 57.4 Å². The fraction of sp³-hybridized carbons (Fsp3) is 0.682. The average molecular weight is 383 g/mol. The van der Waals surface area contributed by atoms with Gasteiger partial charge in [-0.1, -0.05) is 6.07 Å². The lowest BCUT2D eigenvalue weighted by Gasteiger charge is -2.58. The first-order valence-corrected chi connectivity index (χ1v) is 10.9. The van der Waals surface area contributed by atoms with Crippen molar-refractivity contribution >= 4 is 17.6 Å². The molecule has 3 N–H and O–H groups in total. The SMILES string of the molecule is NC(=O)C12CC3CC(C1)C(NC(=O)c1cccc(N4CCCCC4)n1)C(C3)C2. The van der Waals surface area contributed by atoms with Gasteiger partial charge >= 0.3 is 0 Å². The number of rotatable bonds is 4. The molecule has 28 heavy (non-hydrogen) atoms. The predicted octanol–water partition coefficient (Wildman–Crippen LogP) is 2.48. The van der Waals surface area contributed by atoms with E-state index in [4.69, 9.17) is 5.73 Å². The highest BCUT2D eigenvalue weighted by Gasteiger charge is 2.58. The molecule has 2 amide bonds. The summed E-state index contributed by atoms with van der Waals surface area (Å²) in [6, 6.07) is 5.90. The first-order valence-electron chi connectivity index (χ1n) is 10.9. The first-order chi connectivity index (χ1) is 13.5. The van der Waals surface area contributed by atoms with Gasteiger partial charge in [-0.15, -0.1) is 0 Å². The molecule has 150 valence electrons. The molecule has 4 bridgehead atoms. The molecule has 0 aromatic carbocycles. The molecule has 1 aliphatic heterocycles. The Bertz CT molecular complexity index is 772. The Labute approximate surface area is 166 Å². The summed E-state index contributed by atoms with van der Waals surface area (Å²) in [4.78, 5) is 32.1. The van der Waals surface area contributed by atoms with Crippen molar-refractivity contribution < 1.29 is 9.59 Å². The number of amides is 2. The highest BCUT2D eigenvalue weighted by atomic mass is 16.2. The van der Waals surface area contributed by atoms with Crippen molar-refractivity contribution in [3.63, 3.8) is 0 Å². The van der Waals surface area contributed by atoms with Gasteiger partial charge in [-0.25, -0.2) is 4.98 Å². The highest BCUT2D eigenvalue weighted by Crippen LogP contribution is 2.59. The van der Waals surface area contributed by atoms with Crippen molar-refractivity contribution in [3.8, 4) is 0 Å². The number of hydrogen-bond donors (Lipinski definition) is 2. The monoisotopic (exact) mass is 382 g/mol. The molecule has 1 aromatic rings. The fourth-order valence-electron chi connectivity index (χ4n) is 6.64. The second-order valence-corrected chi connectivity index (χ2v) is 9.54. The van der Waals surface area contributed by atoms with Crippen LogP contribution in [0.4, 0.5) is 5.82 Å². The molecule has 0 spiro atoms. The van der Waals surface area contributed by atoms with Crippen molar-refractivity contribution in [3.05, 3.63) is 23.9 Å². The molecule has 1 aromatic heterocycles. The molecular weight excluding hydrogens is 352 g/mol. The van der Waals surface area contributed by atoms with Crippen molar-refractivity contribution in [2.24, 2.45) is 28.9 Å². The first kappa shape index (κ1) is 18.0. The maximum absolute atomic E-state index is 13.0. The maximum Gasteiger partial charge on any atom is 0.270 e. The minimum Gasteiger partial charge on any atom is -0.369 e. The summed E-state index contributed by atoms with van der Waals surface area (Å²) in [5.74, 6) is 2.03. The van der Waals surface area contributed by atoms with Crippen LogP contribution in [-0.4, -0.2) is 35.9 Å². The number of carbonyl (C=O) groups excluding carboxylic acids is 2. The van der Waals surface area contributed by atoms with Gasteiger partial charge in [0.25, 0.3) is 5.91 Å². The molecule has 4 aliphatic carbocycles. The van der Waals surface area contributed by atoms with Gasteiger partial charge in [0, 0.05) is 24.5 Å². The summed E-state index contributed by atoms with van der Waals surface area (Å²) in [5.41, 5.74) is 5.96. The van der Waals surface area contributed by atoms with Crippen LogP contribution in [0, 0.1) is 23.2 Å². The number of hydrogen-bond acceptors (Lipinski definition) is 4.